The topological polar surface area (TPSA) is 21.3 Å². The third-order valence-electron chi connectivity index (χ3n) is 3.23. The SMILES string of the molecule is COCCNC1[C@H](C)CCC[C@H]1C. The summed E-state index contributed by atoms with van der Waals surface area (Å²) >= 11 is 0. The largest absolute Gasteiger partial charge is 0.383 e. The monoisotopic (exact) mass is 185 g/mol. The van der Waals surface area contributed by atoms with Crippen molar-refractivity contribution >= 4 is 0 Å². The molecule has 0 heterocycles. The summed E-state index contributed by atoms with van der Waals surface area (Å²) in [5, 5.41) is 3.60. The van der Waals surface area contributed by atoms with Gasteiger partial charge in [-0.15, -0.1) is 0 Å². The van der Waals surface area contributed by atoms with Gasteiger partial charge in [-0.05, 0) is 24.7 Å². The lowest BCUT2D eigenvalue weighted by Gasteiger charge is -2.35. The summed E-state index contributed by atoms with van der Waals surface area (Å²) < 4.78 is 5.04. The number of hydrogen-bond acceptors (Lipinski definition) is 2. The van der Waals surface area contributed by atoms with E-state index in [9.17, 15) is 0 Å². The average Bonchev–Trinajstić information content (AvgIpc) is 2.10. The molecule has 1 saturated carbocycles. The van der Waals surface area contributed by atoms with E-state index in [4.69, 9.17) is 4.74 Å². The van der Waals surface area contributed by atoms with Gasteiger partial charge in [0.1, 0.15) is 0 Å². The molecular weight excluding hydrogens is 162 g/mol. The van der Waals surface area contributed by atoms with Gasteiger partial charge in [0, 0.05) is 19.7 Å². The van der Waals surface area contributed by atoms with E-state index < -0.39 is 0 Å². The normalized spacial score (nSPS) is 30.7. The molecule has 2 heteroatoms. The fourth-order valence-electron chi connectivity index (χ4n) is 2.41. The lowest BCUT2D eigenvalue weighted by molar-refractivity contribution is 0.165. The summed E-state index contributed by atoms with van der Waals surface area (Å²) in [7, 11) is 1.76. The minimum atomic E-state index is 0.712. The Balaban J connectivity index is 2.26. The molecule has 1 aliphatic rings. The minimum Gasteiger partial charge on any atom is -0.383 e. The molecule has 0 aromatic carbocycles. The zero-order valence-electron chi connectivity index (χ0n) is 9.18. The number of ether oxygens (including phenoxy) is 1. The van der Waals surface area contributed by atoms with Crippen molar-refractivity contribution in [3.05, 3.63) is 0 Å². The zero-order valence-corrected chi connectivity index (χ0v) is 9.18. The molecule has 2 nitrogen and oxygen atoms in total. The molecule has 1 aliphatic carbocycles. The first-order chi connectivity index (χ1) is 6.25. The maximum atomic E-state index is 5.04. The van der Waals surface area contributed by atoms with Crippen LogP contribution >= 0.6 is 0 Å². The van der Waals surface area contributed by atoms with Crippen LogP contribution in [-0.2, 0) is 4.74 Å². The van der Waals surface area contributed by atoms with Crippen molar-refractivity contribution in [1.82, 2.24) is 5.32 Å². The van der Waals surface area contributed by atoms with Gasteiger partial charge in [0.05, 0.1) is 6.61 Å². The van der Waals surface area contributed by atoms with Gasteiger partial charge in [-0.3, -0.25) is 0 Å². The van der Waals surface area contributed by atoms with Crippen molar-refractivity contribution in [2.24, 2.45) is 11.8 Å². The van der Waals surface area contributed by atoms with Gasteiger partial charge < -0.3 is 10.1 Å². The summed E-state index contributed by atoms with van der Waals surface area (Å²) in [5.41, 5.74) is 0. The van der Waals surface area contributed by atoms with Crippen LogP contribution in [0.5, 0.6) is 0 Å². The molecule has 1 fully saturated rings. The molecule has 0 radical (unpaired) electrons. The van der Waals surface area contributed by atoms with Crippen LogP contribution in [-0.4, -0.2) is 26.3 Å². The first-order valence-electron chi connectivity index (χ1n) is 5.48. The molecule has 0 aromatic rings. The standard InChI is InChI=1S/C11H23NO/c1-9-5-4-6-10(2)11(9)12-7-8-13-3/h9-12H,4-8H2,1-3H3/t9-,10-/m1/s1. The van der Waals surface area contributed by atoms with Crippen LogP contribution in [0, 0.1) is 11.8 Å². The maximum absolute atomic E-state index is 5.04. The molecule has 13 heavy (non-hydrogen) atoms. The highest BCUT2D eigenvalue weighted by molar-refractivity contribution is 4.82. The molecule has 2 atom stereocenters. The van der Waals surface area contributed by atoms with Crippen LogP contribution < -0.4 is 5.32 Å². The van der Waals surface area contributed by atoms with Gasteiger partial charge in [0.2, 0.25) is 0 Å². The summed E-state index contributed by atoms with van der Waals surface area (Å²) in [4.78, 5) is 0. The summed E-state index contributed by atoms with van der Waals surface area (Å²) in [6.45, 7) is 6.55. The highest BCUT2D eigenvalue weighted by Crippen LogP contribution is 2.28. The smallest absolute Gasteiger partial charge is 0.0587 e. The number of rotatable bonds is 4. The Labute approximate surface area is 82.0 Å². The Morgan fingerprint density at radius 2 is 1.85 bits per heavy atom. The molecule has 0 bridgehead atoms. The quantitative estimate of drug-likeness (QED) is 0.677. The second-order valence-electron chi connectivity index (χ2n) is 4.36. The van der Waals surface area contributed by atoms with Crippen LogP contribution in [0.1, 0.15) is 33.1 Å². The summed E-state index contributed by atoms with van der Waals surface area (Å²) in [6.07, 6.45) is 4.18. The molecule has 0 aromatic heterocycles. The lowest BCUT2D eigenvalue weighted by atomic mass is 9.79. The lowest BCUT2D eigenvalue weighted by Crippen LogP contribution is -2.43. The number of methoxy groups -OCH3 is 1. The van der Waals surface area contributed by atoms with E-state index in [-0.39, 0.29) is 0 Å². The van der Waals surface area contributed by atoms with Crippen LogP contribution in [0.3, 0.4) is 0 Å². The Morgan fingerprint density at radius 1 is 1.23 bits per heavy atom. The fourth-order valence-corrected chi connectivity index (χ4v) is 2.41. The Morgan fingerprint density at radius 3 is 2.38 bits per heavy atom. The van der Waals surface area contributed by atoms with Crippen molar-refractivity contribution in [2.75, 3.05) is 20.3 Å². The molecule has 0 aliphatic heterocycles. The van der Waals surface area contributed by atoms with Crippen LogP contribution in [0.4, 0.5) is 0 Å². The van der Waals surface area contributed by atoms with Crippen molar-refractivity contribution in [2.45, 2.75) is 39.2 Å². The van der Waals surface area contributed by atoms with E-state index in [0.29, 0.717) is 6.04 Å². The molecule has 78 valence electrons. The van der Waals surface area contributed by atoms with Crippen molar-refractivity contribution in [3.63, 3.8) is 0 Å². The summed E-state index contributed by atoms with van der Waals surface area (Å²) in [6, 6.07) is 0.712. The van der Waals surface area contributed by atoms with Gasteiger partial charge in [0.15, 0.2) is 0 Å². The molecule has 0 saturated heterocycles. The molecular formula is C11H23NO. The highest BCUT2D eigenvalue weighted by Gasteiger charge is 2.26. The zero-order chi connectivity index (χ0) is 9.68. The van der Waals surface area contributed by atoms with Crippen molar-refractivity contribution in [1.29, 1.82) is 0 Å². The molecule has 0 unspecified atom stereocenters. The molecule has 0 spiro atoms. The average molecular weight is 185 g/mol. The first kappa shape index (κ1) is 11.0. The predicted molar refractivity (Wildman–Crippen MR) is 55.8 cm³/mol. The van der Waals surface area contributed by atoms with Gasteiger partial charge in [-0.25, -0.2) is 0 Å². The first-order valence-corrected chi connectivity index (χ1v) is 5.48. The fraction of sp³-hybridized carbons (Fsp3) is 1.00. The van der Waals surface area contributed by atoms with Crippen LogP contribution in [0.2, 0.25) is 0 Å². The Kier molecular flexibility index (Phi) is 4.74. The van der Waals surface area contributed by atoms with E-state index in [2.05, 4.69) is 19.2 Å². The maximum Gasteiger partial charge on any atom is 0.0587 e. The van der Waals surface area contributed by atoms with Crippen molar-refractivity contribution < 1.29 is 4.74 Å². The Bertz CT molecular complexity index is 128. The van der Waals surface area contributed by atoms with Crippen molar-refractivity contribution in [3.8, 4) is 0 Å². The highest BCUT2D eigenvalue weighted by atomic mass is 16.5. The minimum absolute atomic E-state index is 0.712. The Hall–Kier alpha value is -0.0800. The second kappa shape index (κ2) is 5.61. The van der Waals surface area contributed by atoms with E-state index in [1.165, 1.54) is 19.3 Å². The molecule has 1 N–H and O–H groups in total. The van der Waals surface area contributed by atoms with Gasteiger partial charge in [0.25, 0.3) is 0 Å². The summed E-state index contributed by atoms with van der Waals surface area (Å²) in [5.74, 6) is 1.67. The van der Waals surface area contributed by atoms with E-state index in [0.717, 1.165) is 25.0 Å². The van der Waals surface area contributed by atoms with E-state index in [1.54, 1.807) is 7.11 Å². The van der Waals surface area contributed by atoms with Gasteiger partial charge in [-0.1, -0.05) is 20.3 Å². The van der Waals surface area contributed by atoms with E-state index >= 15 is 0 Å². The molecule has 1 rings (SSSR count). The third-order valence-corrected chi connectivity index (χ3v) is 3.23. The number of nitrogens with one attached hydrogen (secondary N) is 1. The second-order valence-corrected chi connectivity index (χ2v) is 4.36. The van der Waals surface area contributed by atoms with Gasteiger partial charge >= 0.3 is 0 Å². The molecule has 0 amide bonds. The van der Waals surface area contributed by atoms with Crippen LogP contribution in [0.25, 0.3) is 0 Å². The van der Waals surface area contributed by atoms with Crippen LogP contribution in [0.15, 0.2) is 0 Å². The number of hydrogen-bond donors (Lipinski definition) is 1. The van der Waals surface area contributed by atoms with Gasteiger partial charge in [-0.2, -0.15) is 0 Å². The predicted octanol–water partition coefficient (Wildman–Crippen LogP) is 2.05. The third kappa shape index (κ3) is 3.28. The van der Waals surface area contributed by atoms with E-state index in [1.807, 2.05) is 0 Å².